The van der Waals surface area contributed by atoms with Crippen LogP contribution in [-0.2, 0) is 11.2 Å². The summed E-state index contributed by atoms with van der Waals surface area (Å²) < 4.78 is 48.1. The average molecular weight is 491 g/mol. The van der Waals surface area contributed by atoms with Crippen LogP contribution in [0.3, 0.4) is 0 Å². The Morgan fingerprint density at radius 1 is 1.24 bits per heavy atom. The highest BCUT2D eigenvalue weighted by Crippen LogP contribution is 2.32. The third kappa shape index (κ3) is 3.31. The predicted molar refractivity (Wildman–Crippen MR) is 114 cm³/mol. The molecule has 34 heavy (non-hydrogen) atoms. The summed E-state index contributed by atoms with van der Waals surface area (Å²) in [7, 11) is 1.51. The molecule has 2 aliphatic heterocycles. The van der Waals surface area contributed by atoms with Gasteiger partial charge in [-0.05, 0) is 0 Å². The topological polar surface area (TPSA) is 101 Å². The van der Waals surface area contributed by atoms with Gasteiger partial charge in [0.1, 0.15) is 34.8 Å². The van der Waals surface area contributed by atoms with Crippen molar-refractivity contribution in [3.63, 3.8) is 0 Å². The molecule has 0 spiro atoms. The lowest BCUT2D eigenvalue weighted by Gasteiger charge is -2.47. The van der Waals surface area contributed by atoms with Crippen LogP contribution < -0.4 is 10.4 Å². The number of amides is 1. The molecule has 0 bridgehead atoms. The number of likely N-dealkylation sites (N-methyl/N-ethyl adjacent to an activating group) is 1. The number of nitrogens with zero attached hydrogens (tertiary/aromatic N) is 5. The van der Waals surface area contributed by atoms with Crippen LogP contribution in [0.5, 0.6) is 5.75 Å². The van der Waals surface area contributed by atoms with E-state index >= 15 is 0 Å². The molecule has 0 radical (unpaired) electrons. The minimum atomic E-state index is -1.07. The Kier molecular flexibility index (Phi) is 5.08. The first-order valence-electron chi connectivity index (χ1n) is 9.98. The molecule has 176 valence electrons. The van der Waals surface area contributed by atoms with E-state index in [0.29, 0.717) is 24.4 Å². The van der Waals surface area contributed by atoms with Gasteiger partial charge in [-0.25, -0.2) is 13.2 Å². The molecule has 2 aromatic heterocycles. The molecule has 0 unspecified atom stereocenters. The van der Waals surface area contributed by atoms with Crippen LogP contribution in [-0.4, -0.2) is 57.2 Å². The smallest absolute Gasteiger partial charge is 0.278 e. The number of carbonyl (C=O) groups is 1. The molecule has 0 aliphatic carbocycles. The largest absolute Gasteiger partial charge is 0.502 e. The third-order valence-corrected chi connectivity index (χ3v) is 6.60. The van der Waals surface area contributed by atoms with Crippen molar-refractivity contribution in [1.29, 1.82) is 0 Å². The Labute approximate surface area is 193 Å². The van der Waals surface area contributed by atoms with Crippen molar-refractivity contribution >= 4 is 17.2 Å². The Hall–Kier alpha value is -3.87. The number of ether oxygens (including phenoxy) is 1. The van der Waals surface area contributed by atoms with Crippen molar-refractivity contribution in [2.75, 3.05) is 25.2 Å². The highest BCUT2D eigenvalue weighted by atomic mass is 32.1. The van der Waals surface area contributed by atoms with Gasteiger partial charge in [0, 0.05) is 37.4 Å². The molecule has 1 aromatic carbocycles. The van der Waals surface area contributed by atoms with Gasteiger partial charge in [0.15, 0.2) is 22.6 Å². The van der Waals surface area contributed by atoms with Crippen LogP contribution >= 0.6 is 11.3 Å². The zero-order valence-electron chi connectivity index (χ0n) is 17.6. The van der Waals surface area contributed by atoms with Gasteiger partial charge in [-0.3, -0.25) is 19.3 Å². The zero-order chi connectivity index (χ0) is 24.3. The number of aromatic hydroxyl groups is 1. The highest BCUT2D eigenvalue weighted by molar-refractivity contribution is 7.14. The Morgan fingerprint density at radius 3 is 2.65 bits per heavy atom. The van der Waals surface area contributed by atoms with Crippen LogP contribution in [0.2, 0.25) is 0 Å². The Bertz CT molecular complexity index is 1400. The summed E-state index contributed by atoms with van der Waals surface area (Å²) in [4.78, 5) is 27.1. The van der Waals surface area contributed by atoms with Crippen molar-refractivity contribution in [1.82, 2.24) is 19.8 Å². The number of hydrogen-bond acceptors (Lipinski definition) is 8. The van der Waals surface area contributed by atoms with E-state index in [0.717, 1.165) is 11.3 Å². The second kappa shape index (κ2) is 7.87. The number of morpholine rings is 1. The summed E-state index contributed by atoms with van der Waals surface area (Å²) in [5.74, 6) is -4.22. The first-order chi connectivity index (χ1) is 16.2. The molecule has 9 nitrogen and oxygen atoms in total. The van der Waals surface area contributed by atoms with Crippen molar-refractivity contribution < 1.29 is 27.8 Å². The van der Waals surface area contributed by atoms with Gasteiger partial charge >= 0.3 is 0 Å². The molecule has 13 heteroatoms. The number of carbonyl (C=O) groups excluding carboxylic acids is 1. The number of benzene rings is 1. The first-order valence-corrected chi connectivity index (χ1v) is 10.8. The van der Waals surface area contributed by atoms with Crippen LogP contribution in [0.4, 0.5) is 13.2 Å². The summed E-state index contributed by atoms with van der Waals surface area (Å²) >= 11 is 0.877. The van der Waals surface area contributed by atoms with Crippen molar-refractivity contribution in [3.05, 3.63) is 74.6 Å². The summed E-state index contributed by atoms with van der Waals surface area (Å²) in [6.07, 6.45) is 0.387. The molecular formula is C21H16F3N5O4S. The van der Waals surface area contributed by atoms with Crippen LogP contribution in [0, 0.1) is 17.5 Å². The molecule has 5 rings (SSSR count). The second-order valence-corrected chi connectivity index (χ2v) is 8.77. The fourth-order valence-corrected chi connectivity index (χ4v) is 4.88. The van der Waals surface area contributed by atoms with Gasteiger partial charge in [-0.1, -0.05) is 17.9 Å². The summed E-state index contributed by atoms with van der Waals surface area (Å²) in [6.45, 7) is 4.45. The lowest BCUT2D eigenvalue weighted by atomic mass is 10.1. The standard InChI is InChI=1S/C21H16F3N5O4S/c1-9-20-27(2)21(32)16-18(31)17(30)12(8-29(16)28(20)3-4-33-9)19-26-25-15(34-19)7-11-13(23)5-10(22)6-14(11)24/h5-6,8,20,31H,1,3-4,7H2,2H3/t20-/m0/s1. The van der Waals surface area contributed by atoms with E-state index in [1.54, 1.807) is 5.01 Å². The molecular weight excluding hydrogens is 475 g/mol. The van der Waals surface area contributed by atoms with E-state index in [-0.39, 0.29) is 34.3 Å². The lowest BCUT2D eigenvalue weighted by molar-refractivity contribution is 0.0453. The number of aromatic nitrogens is 3. The van der Waals surface area contributed by atoms with Crippen LogP contribution in [0.25, 0.3) is 10.6 Å². The maximum Gasteiger partial charge on any atom is 0.278 e. The van der Waals surface area contributed by atoms with Crippen molar-refractivity contribution in [2.24, 2.45) is 0 Å². The first kappa shape index (κ1) is 21.9. The molecule has 0 saturated carbocycles. The average Bonchev–Trinajstić information content (AvgIpc) is 3.24. The fourth-order valence-electron chi connectivity index (χ4n) is 4.02. The molecule has 1 fully saturated rings. The van der Waals surface area contributed by atoms with E-state index in [1.807, 2.05) is 0 Å². The molecule has 4 heterocycles. The van der Waals surface area contributed by atoms with E-state index in [2.05, 4.69) is 16.8 Å². The van der Waals surface area contributed by atoms with Crippen molar-refractivity contribution in [2.45, 2.75) is 12.6 Å². The number of halogens is 3. The summed E-state index contributed by atoms with van der Waals surface area (Å²) in [5.41, 5.74) is -1.52. The van der Waals surface area contributed by atoms with E-state index in [1.165, 1.54) is 22.8 Å². The quantitative estimate of drug-likeness (QED) is 0.598. The van der Waals surface area contributed by atoms with Gasteiger partial charge in [0.05, 0.1) is 12.1 Å². The molecule has 1 N–H and O–H groups in total. The number of rotatable bonds is 3. The zero-order valence-corrected chi connectivity index (χ0v) is 18.4. The highest BCUT2D eigenvalue weighted by Gasteiger charge is 2.42. The third-order valence-electron chi connectivity index (χ3n) is 5.64. The predicted octanol–water partition coefficient (Wildman–Crippen LogP) is 1.97. The van der Waals surface area contributed by atoms with Gasteiger partial charge in [-0.2, -0.15) is 0 Å². The maximum absolute atomic E-state index is 14.0. The number of hydrogen-bond donors (Lipinski definition) is 1. The van der Waals surface area contributed by atoms with Crippen molar-refractivity contribution in [3.8, 4) is 16.3 Å². The molecule has 1 atom stereocenters. The molecule has 1 saturated heterocycles. The number of pyridine rings is 1. The Balaban J connectivity index is 1.57. The van der Waals surface area contributed by atoms with Gasteiger partial charge in [0.25, 0.3) is 5.91 Å². The summed E-state index contributed by atoms with van der Waals surface area (Å²) in [6, 6.07) is 1.13. The monoisotopic (exact) mass is 491 g/mol. The van der Waals surface area contributed by atoms with Gasteiger partial charge in [-0.15, -0.1) is 10.2 Å². The SMILES string of the molecule is C=C1OCCN2[C@@H]1N(C)C(=O)c1c(O)c(=O)c(-c3nnc(Cc4c(F)cc(F)cc4F)s3)cn12. The van der Waals surface area contributed by atoms with E-state index in [9.17, 15) is 27.9 Å². The van der Waals surface area contributed by atoms with E-state index in [4.69, 9.17) is 4.74 Å². The number of fused-ring (bicyclic) bond motifs is 3. The molecule has 2 aliphatic rings. The normalized spacial score (nSPS) is 17.5. The minimum Gasteiger partial charge on any atom is -0.502 e. The van der Waals surface area contributed by atoms with Crippen LogP contribution in [0.1, 0.15) is 21.1 Å². The van der Waals surface area contributed by atoms with Gasteiger partial charge in [0.2, 0.25) is 5.43 Å². The lowest BCUT2D eigenvalue weighted by Crippen LogP contribution is -2.63. The second-order valence-electron chi connectivity index (χ2n) is 7.71. The maximum atomic E-state index is 14.0. The fraction of sp³-hybridized carbons (Fsp3) is 0.238. The van der Waals surface area contributed by atoms with Crippen LogP contribution in [0.15, 0.2) is 35.5 Å². The molecule has 3 aromatic rings. The Morgan fingerprint density at radius 2 is 1.94 bits per heavy atom. The minimum absolute atomic E-state index is 0.0572. The van der Waals surface area contributed by atoms with E-state index < -0.39 is 46.3 Å². The summed E-state index contributed by atoms with van der Waals surface area (Å²) in [5, 5.41) is 20.4. The van der Waals surface area contributed by atoms with Gasteiger partial charge < -0.3 is 14.7 Å². The molecule has 1 amide bonds.